The average molecular weight is 256 g/mol. The highest BCUT2D eigenvalue weighted by molar-refractivity contribution is 5.88. The molecule has 0 unspecified atom stereocenters. The van der Waals surface area contributed by atoms with Crippen molar-refractivity contribution in [2.75, 3.05) is 7.11 Å². The summed E-state index contributed by atoms with van der Waals surface area (Å²) in [4.78, 5) is 11.5. The summed E-state index contributed by atoms with van der Waals surface area (Å²) in [5.74, 6) is 0.114. The molecule has 0 aliphatic heterocycles. The zero-order valence-electron chi connectivity index (χ0n) is 10.8. The fraction of sp³-hybridized carbons (Fsp3) is 0.312. The van der Waals surface area contributed by atoms with Crippen molar-refractivity contribution in [2.45, 2.75) is 24.7 Å². The fourth-order valence-corrected chi connectivity index (χ4v) is 2.80. The molecule has 1 saturated carbocycles. The van der Waals surface area contributed by atoms with Crippen LogP contribution in [0.5, 0.6) is 5.75 Å². The van der Waals surface area contributed by atoms with E-state index < -0.39 is 11.4 Å². The molecule has 2 aromatic rings. The molecule has 0 aromatic heterocycles. The molecular weight excluding hydrogens is 240 g/mol. The van der Waals surface area contributed by atoms with E-state index in [1.807, 2.05) is 36.4 Å². The molecule has 98 valence electrons. The number of ether oxygens (including phenoxy) is 1. The largest absolute Gasteiger partial charge is 0.497 e. The number of carbonyl (C=O) groups is 1. The van der Waals surface area contributed by atoms with Gasteiger partial charge in [-0.1, -0.05) is 30.7 Å². The van der Waals surface area contributed by atoms with Gasteiger partial charge < -0.3 is 9.84 Å². The van der Waals surface area contributed by atoms with Crippen LogP contribution in [0.1, 0.15) is 24.8 Å². The Morgan fingerprint density at radius 3 is 2.42 bits per heavy atom. The summed E-state index contributed by atoms with van der Waals surface area (Å²) in [5, 5.41) is 11.6. The van der Waals surface area contributed by atoms with Crippen molar-refractivity contribution >= 4 is 16.7 Å². The molecular formula is C16H16O3. The molecule has 0 heterocycles. The van der Waals surface area contributed by atoms with E-state index in [1.54, 1.807) is 7.11 Å². The molecule has 1 N–H and O–H groups in total. The number of carboxylic acids is 1. The van der Waals surface area contributed by atoms with E-state index in [0.717, 1.165) is 41.3 Å². The van der Waals surface area contributed by atoms with Gasteiger partial charge in [-0.15, -0.1) is 0 Å². The van der Waals surface area contributed by atoms with Gasteiger partial charge in [-0.2, -0.15) is 0 Å². The van der Waals surface area contributed by atoms with Crippen molar-refractivity contribution in [1.82, 2.24) is 0 Å². The number of rotatable bonds is 3. The number of methoxy groups -OCH3 is 1. The SMILES string of the molecule is COc1ccc2cc(C3(C(=O)O)CCC3)ccc2c1. The van der Waals surface area contributed by atoms with Crippen LogP contribution in [0.2, 0.25) is 0 Å². The zero-order chi connectivity index (χ0) is 13.5. The second-order valence-electron chi connectivity index (χ2n) is 5.17. The third kappa shape index (κ3) is 1.77. The Morgan fingerprint density at radius 1 is 1.16 bits per heavy atom. The molecule has 0 saturated heterocycles. The fourth-order valence-electron chi connectivity index (χ4n) is 2.80. The smallest absolute Gasteiger partial charge is 0.314 e. The highest BCUT2D eigenvalue weighted by atomic mass is 16.5. The Morgan fingerprint density at radius 2 is 1.84 bits per heavy atom. The summed E-state index contributed by atoms with van der Waals surface area (Å²) in [6.45, 7) is 0. The van der Waals surface area contributed by atoms with Crippen molar-refractivity contribution in [3.8, 4) is 5.75 Å². The van der Waals surface area contributed by atoms with Gasteiger partial charge in [-0.25, -0.2) is 0 Å². The minimum Gasteiger partial charge on any atom is -0.497 e. The maximum atomic E-state index is 11.5. The Bertz CT molecular complexity index is 641. The van der Waals surface area contributed by atoms with Crippen LogP contribution in [0.4, 0.5) is 0 Å². The molecule has 1 aliphatic carbocycles. The molecule has 0 amide bonds. The van der Waals surface area contributed by atoms with Gasteiger partial charge >= 0.3 is 5.97 Å². The van der Waals surface area contributed by atoms with E-state index in [0.29, 0.717) is 0 Å². The summed E-state index contributed by atoms with van der Waals surface area (Å²) in [7, 11) is 1.64. The van der Waals surface area contributed by atoms with Crippen LogP contribution in [0.3, 0.4) is 0 Å². The lowest BCUT2D eigenvalue weighted by Crippen LogP contribution is -2.42. The number of hydrogen-bond acceptors (Lipinski definition) is 2. The van der Waals surface area contributed by atoms with Crippen LogP contribution < -0.4 is 4.74 Å². The minimum absolute atomic E-state index is 0.659. The summed E-state index contributed by atoms with van der Waals surface area (Å²) >= 11 is 0. The Balaban J connectivity index is 2.09. The van der Waals surface area contributed by atoms with Crippen LogP contribution >= 0.6 is 0 Å². The van der Waals surface area contributed by atoms with Crippen molar-refractivity contribution in [3.63, 3.8) is 0 Å². The summed E-state index contributed by atoms with van der Waals surface area (Å²) in [6.07, 6.45) is 2.47. The van der Waals surface area contributed by atoms with E-state index in [2.05, 4.69) is 0 Å². The van der Waals surface area contributed by atoms with Crippen LogP contribution in [0.25, 0.3) is 10.8 Å². The van der Waals surface area contributed by atoms with E-state index >= 15 is 0 Å². The Labute approximate surface area is 111 Å². The van der Waals surface area contributed by atoms with Gasteiger partial charge in [0.15, 0.2) is 0 Å². The van der Waals surface area contributed by atoms with E-state index in [9.17, 15) is 9.90 Å². The second-order valence-corrected chi connectivity index (χ2v) is 5.17. The van der Waals surface area contributed by atoms with Crippen LogP contribution in [-0.4, -0.2) is 18.2 Å². The second kappa shape index (κ2) is 4.26. The van der Waals surface area contributed by atoms with Crippen LogP contribution in [0, 0.1) is 0 Å². The van der Waals surface area contributed by atoms with Gasteiger partial charge in [-0.05, 0) is 41.3 Å². The lowest BCUT2D eigenvalue weighted by Gasteiger charge is -2.38. The molecule has 0 radical (unpaired) electrons. The Hall–Kier alpha value is -2.03. The molecule has 19 heavy (non-hydrogen) atoms. The van der Waals surface area contributed by atoms with Crippen molar-refractivity contribution in [1.29, 1.82) is 0 Å². The van der Waals surface area contributed by atoms with Crippen LogP contribution in [0.15, 0.2) is 36.4 Å². The number of carboxylic acid groups (broad SMARTS) is 1. The molecule has 3 rings (SSSR count). The summed E-state index contributed by atoms with van der Waals surface area (Å²) in [6, 6.07) is 11.8. The molecule has 3 nitrogen and oxygen atoms in total. The lowest BCUT2D eigenvalue weighted by atomic mass is 9.64. The molecule has 0 spiro atoms. The molecule has 0 bridgehead atoms. The molecule has 1 fully saturated rings. The first-order valence-corrected chi connectivity index (χ1v) is 6.47. The third-order valence-electron chi connectivity index (χ3n) is 4.22. The van der Waals surface area contributed by atoms with Crippen molar-refractivity contribution in [2.24, 2.45) is 0 Å². The van der Waals surface area contributed by atoms with Gasteiger partial charge in [0, 0.05) is 0 Å². The molecule has 3 heteroatoms. The first-order chi connectivity index (χ1) is 9.15. The first kappa shape index (κ1) is 12.0. The van der Waals surface area contributed by atoms with Gasteiger partial charge in [0.1, 0.15) is 5.75 Å². The Kier molecular flexibility index (Phi) is 2.70. The number of fused-ring (bicyclic) bond motifs is 1. The summed E-state index contributed by atoms with van der Waals surface area (Å²) < 4.78 is 5.20. The minimum atomic E-state index is -0.702. The van der Waals surface area contributed by atoms with Gasteiger partial charge in [0.05, 0.1) is 12.5 Å². The maximum absolute atomic E-state index is 11.5. The summed E-state index contributed by atoms with van der Waals surface area (Å²) in [5.41, 5.74) is 0.262. The molecule has 0 atom stereocenters. The van der Waals surface area contributed by atoms with Gasteiger partial charge in [-0.3, -0.25) is 4.79 Å². The normalized spacial score (nSPS) is 16.9. The highest BCUT2D eigenvalue weighted by Gasteiger charge is 2.45. The van der Waals surface area contributed by atoms with E-state index in [4.69, 9.17) is 4.74 Å². The molecule has 1 aliphatic rings. The predicted molar refractivity (Wildman–Crippen MR) is 73.7 cm³/mol. The quantitative estimate of drug-likeness (QED) is 0.916. The average Bonchev–Trinajstić information content (AvgIpc) is 2.36. The lowest BCUT2D eigenvalue weighted by molar-refractivity contribution is -0.147. The zero-order valence-corrected chi connectivity index (χ0v) is 10.8. The van der Waals surface area contributed by atoms with Crippen molar-refractivity contribution < 1.29 is 14.6 Å². The van der Waals surface area contributed by atoms with E-state index in [-0.39, 0.29) is 0 Å². The number of aliphatic carboxylic acids is 1. The molecule has 2 aromatic carbocycles. The highest BCUT2D eigenvalue weighted by Crippen LogP contribution is 2.44. The number of benzene rings is 2. The van der Waals surface area contributed by atoms with Crippen molar-refractivity contribution in [3.05, 3.63) is 42.0 Å². The maximum Gasteiger partial charge on any atom is 0.314 e. The third-order valence-corrected chi connectivity index (χ3v) is 4.22. The number of hydrogen-bond donors (Lipinski definition) is 1. The monoisotopic (exact) mass is 256 g/mol. The predicted octanol–water partition coefficient (Wildman–Crippen LogP) is 3.35. The standard InChI is InChI=1S/C16H16O3/c1-19-14-6-4-11-9-13(5-3-12(11)10-14)16(15(17)18)7-2-8-16/h3-6,9-10H,2,7-8H2,1H3,(H,17,18). The van der Waals surface area contributed by atoms with Gasteiger partial charge in [0.25, 0.3) is 0 Å². The van der Waals surface area contributed by atoms with Crippen LogP contribution in [-0.2, 0) is 10.2 Å². The van der Waals surface area contributed by atoms with E-state index in [1.165, 1.54) is 0 Å². The first-order valence-electron chi connectivity index (χ1n) is 6.47. The van der Waals surface area contributed by atoms with Gasteiger partial charge in [0.2, 0.25) is 0 Å². The topological polar surface area (TPSA) is 46.5 Å².